The second-order valence-corrected chi connectivity index (χ2v) is 7.21. The molecular weight excluding hydrogens is 376 g/mol. The molecule has 2 N–H and O–H groups in total. The fourth-order valence-electron chi connectivity index (χ4n) is 2.89. The molecule has 1 saturated heterocycles. The van der Waals surface area contributed by atoms with Crippen LogP contribution in [0.25, 0.3) is 6.08 Å². The lowest BCUT2D eigenvalue weighted by Gasteiger charge is -2.14. The molecule has 146 valence electrons. The van der Waals surface area contributed by atoms with Crippen LogP contribution in [0.2, 0.25) is 5.02 Å². The van der Waals surface area contributed by atoms with Crippen LogP contribution in [0.4, 0.5) is 0 Å². The van der Waals surface area contributed by atoms with E-state index in [4.69, 9.17) is 16.3 Å². The number of rotatable bonds is 6. The van der Waals surface area contributed by atoms with Crippen LogP contribution in [0, 0.1) is 6.92 Å². The Kier molecular flexibility index (Phi) is 6.85. The zero-order valence-corrected chi connectivity index (χ0v) is 16.5. The molecule has 0 aromatic heterocycles. The smallest absolute Gasteiger partial charge is 0.267 e. The maximum absolute atomic E-state index is 12.7. The lowest BCUT2D eigenvalue weighted by Crippen LogP contribution is -2.38. The molecule has 3 rings (SSSR count). The summed E-state index contributed by atoms with van der Waals surface area (Å²) in [5.74, 6) is -0.696. The van der Waals surface area contributed by atoms with Crippen molar-refractivity contribution < 1.29 is 14.3 Å². The Morgan fingerprint density at radius 3 is 2.50 bits per heavy atom. The van der Waals surface area contributed by atoms with Gasteiger partial charge in [-0.25, -0.2) is 0 Å². The number of aryl methyl sites for hydroxylation is 1. The molecule has 28 heavy (non-hydrogen) atoms. The Balaban J connectivity index is 1.76. The molecule has 2 aromatic rings. The molecule has 0 bridgehead atoms. The molecule has 1 aliphatic rings. The highest BCUT2D eigenvalue weighted by molar-refractivity contribution is 6.30. The van der Waals surface area contributed by atoms with E-state index < -0.39 is 0 Å². The van der Waals surface area contributed by atoms with E-state index in [-0.39, 0.29) is 23.6 Å². The van der Waals surface area contributed by atoms with E-state index in [1.807, 2.05) is 19.1 Å². The molecule has 1 heterocycles. The van der Waals surface area contributed by atoms with Crippen LogP contribution in [0.15, 0.2) is 54.2 Å². The van der Waals surface area contributed by atoms with Crippen molar-refractivity contribution in [1.82, 2.24) is 10.6 Å². The largest absolute Gasteiger partial charge is 0.376 e. The van der Waals surface area contributed by atoms with Gasteiger partial charge in [-0.2, -0.15) is 0 Å². The number of ether oxygens (including phenoxy) is 1. The molecule has 6 heteroatoms. The summed E-state index contributed by atoms with van der Waals surface area (Å²) < 4.78 is 5.54. The van der Waals surface area contributed by atoms with Gasteiger partial charge in [0.2, 0.25) is 0 Å². The van der Waals surface area contributed by atoms with E-state index in [1.54, 1.807) is 42.5 Å². The van der Waals surface area contributed by atoms with Gasteiger partial charge in [-0.15, -0.1) is 0 Å². The van der Waals surface area contributed by atoms with Gasteiger partial charge < -0.3 is 15.4 Å². The number of halogens is 1. The maximum atomic E-state index is 12.7. The maximum Gasteiger partial charge on any atom is 0.267 e. The van der Waals surface area contributed by atoms with Gasteiger partial charge in [-0.05, 0) is 55.7 Å². The van der Waals surface area contributed by atoms with Crippen LogP contribution in [0.1, 0.15) is 34.3 Å². The highest BCUT2D eigenvalue weighted by Gasteiger charge is 2.19. The van der Waals surface area contributed by atoms with Crippen LogP contribution in [0.5, 0.6) is 0 Å². The van der Waals surface area contributed by atoms with Crippen molar-refractivity contribution in [1.29, 1.82) is 0 Å². The number of benzene rings is 2. The summed E-state index contributed by atoms with van der Waals surface area (Å²) in [5, 5.41) is 6.18. The first-order valence-electron chi connectivity index (χ1n) is 9.26. The van der Waals surface area contributed by atoms with Crippen LogP contribution >= 0.6 is 11.6 Å². The normalized spacial score (nSPS) is 16.6. The zero-order chi connectivity index (χ0) is 19.9. The molecule has 0 radical (unpaired) electrons. The van der Waals surface area contributed by atoms with Crippen LogP contribution in [0.3, 0.4) is 0 Å². The Morgan fingerprint density at radius 1 is 1.14 bits per heavy atom. The van der Waals surface area contributed by atoms with Crippen LogP contribution in [-0.4, -0.2) is 31.1 Å². The molecular formula is C22H23ClN2O3. The van der Waals surface area contributed by atoms with Crippen LogP contribution in [-0.2, 0) is 9.53 Å². The average Bonchev–Trinajstić information content (AvgIpc) is 3.21. The van der Waals surface area contributed by atoms with E-state index in [9.17, 15) is 9.59 Å². The third-order valence-electron chi connectivity index (χ3n) is 4.50. The minimum Gasteiger partial charge on any atom is -0.376 e. The fraction of sp³-hybridized carbons (Fsp3) is 0.273. The second-order valence-electron chi connectivity index (χ2n) is 6.77. The van der Waals surface area contributed by atoms with Gasteiger partial charge in [0.05, 0.1) is 6.10 Å². The summed E-state index contributed by atoms with van der Waals surface area (Å²) in [4.78, 5) is 25.3. The van der Waals surface area contributed by atoms with Crippen molar-refractivity contribution in [3.8, 4) is 0 Å². The highest BCUT2D eigenvalue weighted by atomic mass is 35.5. The molecule has 0 aliphatic carbocycles. The van der Waals surface area contributed by atoms with Gasteiger partial charge in [0.25, 0.3) is 11.8 Å². The van der Waals surface area contributed by atoms with Crippen molar-refractivity contribution >= 4 is 29.5 Å². The van der Waals surface area contributed by atoms with E-state index in [0.29, 0.717) is 17.1 Å². The molecule has 0 unspecified atom stereocenters. The second kappa shape index (κ2) is 9.53. The van der Waals surface area contributed by atoms with Gasteiger partial charge in [0.1, 0.15) is 5.70 Å². The van der Waals surface area contributed by atoms with E-state index >= 15 is 0 Å². The number of hydrogen-bond acceptors (Lipinski definition) is 3. The van der Waals surface area contributed by atoms with Gasteiger partial charge in [-0.3, -0.25) is 9.59 Å². The minimum atomic E-state index is -0.356. The predicted molar refractivity (Wildman–Crippen MR) is 110 cm³/mol. The van der Waals surface area contributed by atoms with Crippen molar-refractivity contribution in [2.45, 2.75) is 25.9 Å². The first-order chi connectivity index (χ1) is 13.5. The summed E-state index contributed by atoms with van der Waals surface area (Å²) in [7, 11) is 0. The standard InChI is InChI=1S/C22H23ClN2O3/c1-15-4-8-17(9-5-15)21(26)25-20(13-16-6-10-18(23)11-7-16)22(27)24-14-19-3-2-12-28-19/h4-11,13,19H,2-3,12,14H2,1H3,(H,24,27)(H,25,26)/b20-13+/t19-/m1/s1. The number of carbonyl (C=O) groups is 2. The Bertz CT molecular complexity index is 854. The molecule has 2 aromatic carbocycles. The van der Waals surface area contributed by atoms with Gasteiger partial charge in [0.15, 0.2) is 0 Å². The number of carbonyl (C=O) groups excluding carboxylic acids is 2. The zero-order valence-electron chi connectivity index (χ0n) is 15.7. The molecule has 2 amide bonds. The topological polar surface area (TPSA) is 67.4 Å². The molecule has 1 fully saturated rings. The molecule has 0 saturated carbocycles. The van der Waals surface area contributed by atoms with Crippen LogP contribution < -0.4 is 10.6 Å². The summed E-state index contributed by atoms with van der Waals surface area (Å²) in [5.41, 5.74) is 2.48. The fourth-order valence-corrected chi connectivity index (χ4v) is 3.02. The predicted octanol–water partition coefficient (Wildman–Crippen LogP) is 3.71. The SMILES string of the molecule is Cc1ccc(C(=O)N/C(=C/c2ccc(Cl)cc2)C(=O)NC[C@H]2CCCO2)cc1. The summed E-state index contributed by atoms with van der Waals surface area (Å²) >= 11 is 5.93. The van der Waals surface area contributed by atoms with Crippen molar-refractivity contribution in [3.05, 3.63) is 75.9 Å². The monoisotopic (exact) mass is 398 g/mol. The average molecular weight is 399 g/mol. The number of amides is 2. The molecule has 1 atom stereocenters. The minimum absolute atomic E-state index is 0.0218. The Hall–Kier alpha value is -2.63. The number of nitrogens with one attached hydrogen (secondary N) is 2. The molecule has 0 spiro atoms. The Morgan fingerprint density at radius 2 is 1.86 bits per heavy atom. The summed E-state index contributed by atoms with van der Waals surface area (Å²) in [6.07, 6.45) is 3.58. The lowest BCUT2D eigenvalue weighted by atomic mass is 10.1. The summed E-state index contributed by atoms with van der Waals surface area (Å²) in [6, 6.07) is 14.2. The van der Waals surface area contributed by atoms with Gasteiger partial charge >= 0.3 is 0 Å². The molecule has 5 nitrogen and oxygen atoms in total. The van der Waals surface area contributed by atoms with Gasteiger partial charge in [0, 0.05) is 23.7 Å². The first kappa shape index (κ1) is 20.1. The quantitative estimate of drug-likeness (QED) is 0.729. The van der Waals surface area contributed by atoms with Gasteiger partial charge in [-0.1, -0.05) is 41.4 Å². The van der Waals surface area contributed by atoms with E-state index in [2.05, 4.69) is 10.6 Å². The lowest BCUT2D eigenvalue weighted by molar-refractivity contribution is -0.118. The van der Waals surface area contributed by atoms with E-state index in [1.165, 1.54) is 0 Å². The Labute approximate surface area is 169 Å². The third kappa shape index (κ3) is 5.68. The summed E-state index contributed by atoms with van der Waals surface area (Å²) in [6.45, 7) is 3.08. The highest BCUT2D eigenvalue weighted by Crippen LogP contribution is 2.14. The first-order valence-corrected chi connectivity index (χ1v) is 9.64. The van der Waals surface area contributed by atoms with Crippen molar-refractivity contribution in [2.75, 3.05) is 13.2 Å². The van der Waals surface area contributed by atoms with Crippen molar-refractivity contribution in [3.63, 3.8) is 0 Å². The third-order valence-corrected chi connectivity index (χ3v) is 4.75. The van der Waals surface area contributed by atoms with Crippen molar-refractivity contribution in [2.24, 2.45) is 0 Å². The number of hydrogen-bond donors (Lipinski definition) is 2. The molecule has 1 aliphatic heterocycles. The van der Waals surface area contributed by atoms with E-state index in [0.717, 1.165) is 30.6 Å².